The first-order chi connectivity index (χ1) is 13.5. The summed E-state index contributed by atoms with van der Waals surface area (Å²) in [6.07, 6.45) is 3.05. The molecule has 3 rings (SSSR count). The van der Waals surface area contributed by atoms with Gasteiger partial charge >= 0.3 is 0 Å². The van der Waals surface area contributed by atoms with Crippen molar-refractivity contribution in [2.24, 2.45) is 5.73 Å². The Balaban J connectivity index is 1.72. The highest BCUT2D eigenvalue weighted by molar-refractivity contribution is 6.35. The van der Waals surface area contributed by atoms with Crippen molar-refractivity contribution in [2.45, 2.75) is 33.2 Å². The van der Waals surface area contributed by atoms with E-state index in [1.165, 1.54) is 0 Å². The summed E-state index contributed by atoms with van der Waals surface area (Å²) < 4.78 is 0. The summed E-state index contributed by atoms with van der Waals surface area (Å²) in [6, 6.07) is 10.0. The molecule has 1 atom stereocenters. The first-order valence-corrected chi connectivity index (χ1v) is 9.97. The molecule has 28 heavy (non-hydrogen) atoms. The van der Waals surface area contributed by atoms with Gasteiger partial charge < -0.3 is 16.0 Å². The predicted molar refractivity (Wildman–Crippen MR) is 116 cm³/mol. The molecule has 0 aliphatic carbocycles. The molecule has 0 saturated carbocycles. The average molecular weight is 382 g/mol. The van der Waals surface area contributed by atoms with E-state index < -0.39 is 0 Å². The topological polar surface area (TPSA) is 86.2 Å². The van der Waals surface area contributed by atoms with Crippen LogP contribution >= 0.6 is 0 Å². The summed E-state index contributed by atoms with van der Waals surface area (Å²) in [6.45, 7) is 9.03. The van der Waals surface area contributed by atoms with Gasteiger partial charge in [0.1, 0.15) is 0 Å². The first kappa shape index (κ1) is 20.3. The third kappa shape index (κ3) is 4.52. The number of nitrogens with zero attached hydrogens (tertiary/aromatic N) is 1. The Bertz CT molecular complexity index is 854. The standard InChI is InChI=1S/C22H31N5O/c1-4-9-24-12-17(23)13-25-14-27-21-8-6-5-7-18(21)19(22(27)28)11-20-15(2)10-16(3)26-20/h5-8,10-11,17,24-26H,4,9,12-14,23H2,1-3H3/b19-11-. The van der Waals surface area contributed by atoms with E-state index in [2.05, 4.69) is 35.5 Å². The van der Waals surface area contributed by atoms with Crippen molar-refractivity contribution in [3.8, 4) is 0 Å². The van der Waals surface area contributed by atoms with E-state index in [0.717, 1.165) is 53.3 Å². The summed E-state index contributed by atoms with van der Waals surface area (Å²) in [7, 11) is 0. The number of aryl methyl sites for hydroxylation is 2. The maximum Gasteiger partial charge on any atom is 0.260 e. The number of rotatable bonds is 9. The summed E-state index contributed by atoms with van der Waals surface area (Å²) >= 11 is 0. The van der Waals surface area contributed by atoms with Crippen LogP contribution in [-0.2, 0) is 4.79 Å². The Morgan fingerprint density at radius 1 is 1.21 bits per heavy atom. The molecule has 0 saturated heterocycles. The highest BCUT2D eigenvalue weighted by atomic mass is 16.2. The minimum absolute atomic E-state index is 0.0121. The van der Waals surface area contributed by atoms with Crippen molar-refractivity contribution >= 4 is 23.2 Å². The molecule has 1 unspecified atom stereocenters. The van der Waals surface area contributed by atoms with Crippen LogP contribution in [0.1, 0.15) is 35.9 Å². The zero-order valence-corrected chi connectivity index (χ0v) is 17.0. The monoisotopic (exact) mass is 381 g/mol. The van der Waals surface area contributed by atoms with Crippen LogP contribution in [0.3, 0.4) is 0 Å². The van der Waals surface area contributed by atoms with Gasteiger partial charge in [0.15, 0.2) is 0 Å². The third-order valence-corrected chi connectivity index (χ3v) is 4.95. The van der Waals surface area contributed by atoms with E-state index in [4.69, 9.17) is 5.73 Å². The van der Waals surface area contributed by atoms with Gasteiger partial charge in [-0.15, -0.1) is 0 Å². The van der Waals surface area contributed by atoms with Gasteiger partial charge in [-0.3, -0.25) is 15.0 Å². The lowest BCUT2D eigenvalue weighted by atomic mass is 10.1. The maximum absolute atomic E-state index is 13.1. The number of carbonyl (C=O) groups is 1. The summed E-state index contributed by atoms with van der Waals surface area (Å²) in [4.78, 5) is 18.3. The van der Waals surface area contributed by atoms with Crippen molar-refractivity contribution in [2.75, 3.05) is 31.2 Å². The molecule has 6 nitrogen and oxygen atoms in total. The highest BCUT2D eigenvalue weighted by Crippen LogP contribution is 2.37. The number of carbonyl (C=O) groups excluding carboxylic acids is 1. The van der Waals surface area contributed by atoms with Crippen LogP contribution in [0.15, 0.2) is 30.3 Å². The molecule has 2 aromatic rings. The molecule has 1 aliphatic rings. The summed E-state index contributed by atoms with van der Waals surface area (Å²) in [5.74, 6) is 0.0121. The molecule has 5 N–H and O–H groups in total. The van der Waals surface area contributed by atoms with Crippen LogP contribution in [0.2, 0.25) is 0 Å². The van der Waals surface area contributed by atoms with Crippen molar-refractivity contribution in [1.82, 2.24) is 15.6 Å². The van der Waals surface area contributed by atoms with Crippen LogP contribution < -0.4 is 21.3 Å². The minimum atomic E-state index is 0.0121. The van der Waals surface area contributed by atoms with Crippen LogP contribution in [0.4, 0.5) is 5.69 Å². The lowest BCUT2D eigenvalue weighted by molar-refractivity contribution is -0.113. The van der Waals surface area contributed by atoms with Gasteiger partial charge in [0.2, 0.25) is 0 Å². The molecule has 0 spiro atoms. The number of H-pyrrole nitrogens is 1. The molecular formula is C22H31N5O. The molecule has 1 aromatic carbocycles. The third-order valence-electron chi connectivity index (χ3n) is 4.95. The Morgan fingerprint density at radius 3 is 2.68 bits per heavy atom. The number of hydrogen-bond acceptors (Lipinski definition) is 4. The van der Waals surface area contributed by atoms with Crippen LogP contribution in [0.5, 0.6) is 0 Å². The van der Waals surface area contributed by atoms with E-state index in [0.29, 0.717) is 13.2 Å². The number of fused-ring (bicyclic) bond motifs is 1. The molecule has 0 bridgehead atoms. The highest BCUT2D eigenvalue weighted by Gasteiger charge is 2.31. The van der Waals surface area contributed by atoms with E-state index in [9.17, 15) is 4.79 Å². The molecule has 2 heterocycles. The largest absolute Gasteiger partial charge is 0.359 e. The fraction of sp³-hybridized carbons (Fsp3) is 0.409. The number of benzene rings is 1. The second-order valence-electron chi connectivity index (χ2n) is 7.43. The van der Waals surface area contributed by atoms with Crippen LogP contribution in [0, 0.1) is 13.8 Å². The van der Waals surface area contributed by atoms with Gasteiger partial charge in [-0.2, -0.15) is 0 Å². The molecule has 150 valence electrons. The zero-order chi connectivity index (χ0) is 20.1. The van der Waals surface area contributed by atoms with E-state index >= 15 is 0 Å². The first-order valence-electron chi connectivity index (χ1n) is 9.97. The number of aromatic amines is 1. The predicted octanol–water partition coefficient (Wildman–Crippen LogP) is 2.39. The number of hydrogen-bond donors (Lipinski definition) is 4. The zero-order valence-electron chi connectivity index (χ0n) is 17.0. The number of amides is 1. The van der Waals surface area contributed by atoms with Gasteiger partial charge in [-0.05, 0) is 50.6 Å². The maximum atomic E-state index is 13.1. The fourth-order valence-corrected chi connectivity index (χ4v) is 3.55. The minimum Gasteiger partial charge on any atom is -0.359 e. The molecule has 1 aliphatic heterocycles. The molecule has 6 heteroatoms. The molecular weight excluding hydrogens is 350 g/mol. The van der Waals surface area contributed by atoms with Crippen molar-refractivity contribution in [3.05, 3.63) is 52.8 Å². The van der Waals surface area contributed by atoms with E-state index in [-0.39, 0.29) is 11.9 Å². The smallest absolute Gasteiger partial charge is 0.260 e. The van der Waals surface area contributed by atoms with E-state index in [1.54, 1.807) is 4.90 Å². The van der Waals surface area contributed by atoms with Gasteiger partial charge in [-0.25, -0.2) is 0 Å². The summed E-state index contributed by atoms with van der Waals surface area (Å²) in [5, 5.41) is 6.65. The van der Waals surface area contributed by atoms with Gasteiger partial charge in [0.25, 0.3) is 5.91 Å². The molecule has 0 radical (unpaired) electrons. The number of nitrogens with two attached hydrogens (primary N) is 1. The summed E-state index contributed by atoms with van der Waals surface area (Å²) in [5.41, 5.74) is 12.0. The van der Waals surface area contributed by atoms with Gasteiger partial charge in [-0.1, -0.05) is 25.1 Å². The van der Waals surface area contributed by atoms with Crippen molar-refractivity contribution < 1.29 is 4.79 Å². The average Bonchev–Trinajstić information content (AvgIpc) is 3.13. The number of anilines is 1. The van der Waals surface area contributed by atoms with Gasteiger partial charge in [0.05, 0.1) is 17.9 Å². The lowest BCUT2D eigenvalue weighted by Crippen LogP contribution is -2.45. The molecule has 1 aromatic heterocycles. The second-order valence-corrected chi connectivity index (χ2v) is 7.43. The van der Waals surface area contributed by atoms with Gasteiger partial charge in [0, 0.05) is 36.1 Å². The van der Waals surface area contributed by atoms with Crippen LogP contribution in [-0.4, -0.2) is 43.2 Å². The normalized spacial score (nSPS) is 16.1. The quantitative estimate of drug-likeness (QED) is 0.397. The van der Waals surface area contributed by atoms with Crippen LogP contribution in [0.25, 0.3) is 11.6 Å². The number of para-hydroxylation sites is 1. The van der Waals surface area contributed by atoms with Crippen molar-refractivity contribution in [3.63, 3.8) is 0 Å². The SMILES string of the molecule is CCCNCC(N)CNCN1C(=O)/C(=C\c2[nH]c(C)cc2C)c2ccccc21. The Labute approximate surface area is 167 Å². The van der Waals surface area contributed by atoms with Crippen molar-refractivity contribution in [1.29, 1.82) is 0 Å². The number of nitrogens with one attached hydrogen (secondary N) is 3. The van der Waals surface area contributed by atoms with E-state index in [1.807, 2.05) is 37.3 Å². The second kappa shape index (κ2) is 9.19. The molecule has 1 amide bonds. The Morgan fingerprint density at radius 2 is 1.96 bits per heavy atom. The number of aromatic nitrogens is 1. The Hall–Kier alpha value is -2.41. The lowest BCUT2D eigenvalue weighted by Gasteiger charge is -2.20. The molecule has 0 fully saturated rings. The Kier molecular flexibility index (Phi) is 6.67. The fourth-order valence-electron chi connectivity index (χ4n) is 3.55.